The van der Waals surface area contributed by atoms with Crippen LogP contribution < -0.4 is 0 Å². The van der Waals surface area contributed by atoms with Gasteiger partial charge < -0.3 is 18.6 Å². The van der Waals surface area contributed by atoms with Crippen molar-refractivity contribution in [2.45, 2.75) is 96.6 Å². The third-order valence-electron chi connectivity index (χ3n) is 6.68. The van der Waals surface area contributed by atoms with Crippen LogP contribution in [0.4, 0.5) is 0 Å². The molecule has 0 N–H and O–H groups in total. The van der Waals surface area contributed by atoms with E-state index in [1.807, 2.05) is 0 Å². The molecule has 3 rings (SSSR count). The highest BCUT2D eigenvalue weighted by molar-refractivity contribution is 9.10. The predicted octanol–water partition coefficient (Wildman–Crippen LogP) is 4.54. The lowest BCUT2D eigenvalue weighted by Gasteiger charge is -2.42. The number of carbonyl (C=O) groups is 2. The van der Waals surface area contributed by atoms with Crippen LogP contribution in [-0.4, -0.2) is 64.7 Å². The van der Waals surface area contributed by atoms with E-state index in [0.29, 0.717) is 32.4 Å². The van der Waals surface area contributed by atoms with E-state index in [2.05, 4.69) is 72.4 Å². The summed E-state index contributed by atoms with van der Waals surface area (Å²) in [7, 11) is -2.23. The van der Waals surface area contributed by atoms with Gasteiger partial charge in [-0.05, 0) is 32.6 Å². The Bertz CT molecular complexity index is 1040. The summed E-state index contributed by atoms with van der Waals surface area (Å²) >= 11 is 3.38. The standard InChI is InChI=1S/C23H35BrN4O6Si/c1-12(2)35(13(3)4,14(5)6)31-9-17-19(32-15(7)29)20(33-16(8)30)23(34-17)28-11-27-18-21(24)25-10-26-22(18)28/h10-14,17,19-20,23H,9H2,1-8H3/t17-,19?,20+,23-/m1/s1. The van der Waals surface area contributed by atoms with E-state index in [1.165, 1.54) is 20.2 Å². The fourth-order valence-corrected chi connectivity index (χ4v) is 11.3. The first-order valence-corrected chi connectivity index (χ1v) is 14.8. The molecule has 35 heavy (non-hydrogen) atoms. The number of aromatic nitrogens is 4. The Morgan fingerprint density at radius 2 is 1.57 bits per heavy atom. The number of halogens is 1. The second kappa shape index (κ2) is 11.0. The van der Waals surface area contributed by atoms with Crippen LogP contribution in [0.15, 0.2) is 17.3 Å². The van der Waals surface area contributed by atoms with Crippen LogP contribution >= 0.6 is 15.9 Å². The summed E-state index contributed by atoms with van der Waals surface area (Å²) in [5.74, 6) is -1.01. The van der Waals surface area contributed by atoms with E-state index in [-0.39, 0.29) is 6.61 Å². The molecule has 0 spiro atoms. The van der Waals surface area contributed by atoms with E-state index in [9.17, 15) is 9.59 Å². The Hall–Kier alpha value is -1.89. The molecule has 0 radical (unpaired) electrons. The number of ether oxygens (including phenoxy) is 3. The molecule has 1 aliphatic heterocycles. The molecule has 194 valence electrons. The zero-order valence-corrected chi connectivity index (χ0v) is 24.1. The highest BCUT2D eigenvalue weighted by Gasteiger charge is 2.53. The number of imidazole rings is 1. The van der Waals surface area contributed by atoms with Gasteiger partial charge in [0.05, 0.1) is 12.9 Å². The van der Waals surface area contributed by atoms with Gasteiger partial charge in [-0.3, -0.25) is 14.2 Å². The lowest BCUT2D eigenvalue weighted by molar-refractivity contribution is -0.165. The minimum atomic E-state index is -2.23. The van der Waals surface area contributed by atoms with Gasteiger partial charge >= 0.3 is 11.9 Å². The number of fused-ring (bicyclic) bond motifs is 1. The van der Waals surface area contributed by atoms with E-state index in [1.54, 1.807) is 10.9 Å². The van der Waals surface area contributed by atoms with Crippen molar-refractivity contribution in [1.82, 2.24) is 19.5 Å². The maximum Gasteiger partial charge on any atom is 0.303 e. The van der Waals surface area contributed by atoms with Crippen molar-refractivity contribution in [2.24, 2.45) is 0 Å². The lowest BCUT2D eigenvalue weighted by Crippen LogP contribution is -2.50. The zero-order chi connectivity index (χ0) is 26.1. The molecule has 3 heterocycles. The smallest absolute Gasteiger partial charge is 0.303 e. The molecule has 1 saturated heterocycles. The summed E-state index contributed by atoms with van der Waals surface area (Å²) in [4.78, 5) is 36.9. The summed E-state index contributed by atoms with van der Waals surface area (Å²) in [6.45, 7) is 16.0. The Morgan fingerprint density at radius 1 is 1.00 bits per heavy atom. The average molecular weight is 572 g/mol. The molecule has 0 bridgehead atoms. The Kier molecular flexibility index (Phi) is 8.72. The number of nitrogens with zero attached hydrogens (tertiary/aromatic N) is 4. The van der Waals surface area contributed by atoms with Crippen LogP contribution in [0.25, 0.3) is 11.2 Å². The number of carbonyl (C=O) groups excluding carboxylic acids is 2. The van der Waals surface area contributed by atoms with Gasteiger partial charge in [0.15, 0.2) is 32.4 Å². The lowest BCUT2D eigenvalue weighted by atomic mass is 10.1. The van der Waals surface area contributed by atoms with Gasteiger partial charge in [-0.25, -0.2) is 15.0 Å². The van der Waals surface area contributed by atoms with Crippen LogP contribution in [0.1, 0.15) is 61.6 Å². The van der Waals surface area contributed by atoms with Crippen molar-refractivity contribution >= 4 is 47.3 Å². The summed E-state index contributed by atoms with van der Waals surface area (Å²) < 4.78 is 26.7. The topological polar surface area (TPSA) is 115 Å². The Morgan fingerprint density at radius 3 is 2.11 bits per heavy atom. The van der Waals surface area contributed by atoms with Crippen LogP contribution in [0.5, 0.6) is 0 Å². The van der Waals surface area contributed by atoms with Gasteiger partial charge in [-0.1, -0.05) is 41.5 Å². The minimum absolute atomic E-state index is 0.207. The first-order valence-electron chi connectivity index (χ1n) is 11.9. The minimum Gasteiger partial charge on any atom is -0.456 e. The summed E-state index contributed by atoms with van der Waals surface area (Å²) in [6, 6.07) is 0. The molecule has 2 aromatic heterocycles. The summed E-state index contributed by atoms with van der Waals surface area (Å²) in [6.07, 6.45) is -0.296. The Labute approximate surface area is 215 Å². The molecule has 4 atom stereocenters. The molecule has 0 saturated carbocycles. The molecular weight excluding hydrogens is 536 g/mol. The average Bonchev–Trinajstić information content (AvgIpc) is 3.30. The molecule has 2 aromatic rings. The van der Waals surface area contributed by atoms with Crippen LogP contribution in [0.2, 0.25) is 16.6 Å². The van der Waals surface area contributed by atoms with Crippen molar-refractivity contribution in [2.75, 3.05) is 6.61 Å². The summed E-state index contributed by atoms with van der Waals surface area (Å²) in [5, 5.41) is 0. The summed E-state index contributed by atoms with van der Waals surface area (Å²) in [5.41, 5.74) is 2.12. The van der Waals surface area contributed by atoms with Gasteiger partial charge in [-0.15, -0.1) is 0 Å². The van der Waals surface area contributed by atoms with E-state index in [4.69, 9.17) is 18.6 Å². The highest BCUT2D eigenvalue weighted by atomic mass is 79.9. The monoisotopic (exact) mass is 570 g/mol. The molecule has 0 aliphatic carbocycles. The van der Waals surface area contributed by atoms with E-state index < -0.39 is 44.8 Å². The largest absolute Gasteiger partial charge is 0.456 e. The molecule has 1 unspecified atom stereocenters. The highest BCUT2D eigenvalue weighted by Crippen LogP contribution is 2.44. The predicted molar refractivity (Wildman–Crippen MR) is 135 cm³/mol. The maximum absolute atomic E-state index is 12.1. The van der Waals surface area contributed by atoms with Gasteiger partial charge in [0.2, 0.25) is 0 Å². The van der Waals surface area contributed by atoms with Gasteiger partial charge in [0.25, 0.3) is 0 Å². The first kappa shape index (κ1) is 27.7. The quantitative estimate of drug-likeness (QED) is 0.243. The van der Waals surface area contributed by atoms with Gasteiger partial charge in [0.1, 0.15) is 22.6 Å². The van der Waals surface area contributed by atoms with Crippen molar-refractivity contribution in [3.05, 3.63) is 17.3 Å². The van der Waals surface area contributed by atoms with Crippen molar-refractivity contribution in [3.63, 3.8) is 0 Å². The molecule has 12 heteroatoms. The number of hydrogen-bond acceptors (Lipinski definition) is 9. The molecule has 1 aliphatic rings. The molecule has 0 aromatic carbocycles. The van der Waals surface area contributed by atoms with E-state index in [0.717, 1.165) is 0 Å². The number of esters is 2. The number of hydrogen-bond donors (Lipinski definition) is 0. The fraction of sp³-hybridized carbons (Fsp3) is 0.696. The third-order valence-corrected chi connectivity index (χ3v) is 13.3. The van der Waals surface area contributed by atoms with Crippen LogP contribution in [0, 0.1) is 0 Å². The Balaban J connectivity index is 2.01. The molecular formula is C23H35BrN4O6Si. The molecule has 10 nitrogen and oxygen atoms in total. The second-order valence-corrected chi connectivity index (χ2v) is 16.0. The van der Waals surface area contributed by atoms with Gasteiger partial charge in [0, 0.05) is 13.8 Å². The van der Waals surface area contributed by atoms with Crippen LogP contribution in [-0.2, 0) is 28.2 Å². The SMILES string of the molecule is CC(=O)OC1[C@@H](CO[Si](C(C)C)(C(C)C)C(C)C)O[C@@H](n2cnc3c(Br)ncnc32)[C@H]1OC(C)=O. The van der Waals surface area contributed by atoms with E-state index >= 15 is 0 Å². The second-order valence-electron chi connectivity index (χ2n) is 9.83. The van der Waals surface area contributed by atoms with Gasteiger partial charge in [-0.2, -0.15) is 0 Å². The third kappa shape index (κ3) is 5.45. The fourth-order valence-electron chi connectivity index (χ4n) is 5.45. The number of rotatable bonds is 9. The van der Waals surface area contributed by atoms with Crippen molar-refractivity contribution in [1.29, 1.82) is 0 Å². The van der Waals surface area contributed by atoms with Crippen LogP contribution in [0.3, 0.4) is 0 Å². The maximum atomic E-state index is 12.1. The molecule has 0 amide bonds. The first-order chi connectivity index (χ1) is 16.4. The van der Waals surface area contributed by atoms with Crippen molar-refractivity contribution < 1.29 is 28.2 Å². The van der Waals surface area contributed by atoms with Crippen molar-refractivity contribution in [3.8, 4) is 0 Å². The molecule has 1 fully saturated rings. The zero-order valence-electron chi connectivity index (χ0n) is 21.5. The normalized spacial score (nSPS) is 23.0.